The highest BCUT2D eigenvalue weighted by Crippen LogP contribution is 2.16. The van der Waals surface area contributed by atoms with Crippen molar-refractivity contribution in [3.05, 3.63) is 34.9 Å². The summed E-state index contributed by atoms with van der Waals surface area (Å²) in [5, 5.41) is 2.59. The number of rotatable bonds is 2. The zero-order valence-corrected chi connectivity index (χ0v) is 11.0. The van der Waals surface area contributed by atoms with E-state index < -0.39 is 6.04 Å². The second-order valence-electron chi connectivity index (χ2n) is 4.85. The van der Waals surface area contributed by atoms with Crippen LogP contribution in [-0.2, 0) is 16.1 Å². The lowest BCUT2D eigenvalue weighted by atomic mass is 10.0. The molecule has 1 aromatic carbocycles. The second-order valence-corrected chi connectivity index (χ2v) is 4.85. The van der Waals surface area contributed by atoms with E-state index in [1.807, 2.05) is 26.0 Å². The summed E-state index contributed by atoms with van der Waals surface area (Å²) in [4.78, 5) is 25.1. The number of carbonyl (C=O) groups is 2. The zero-order chi connectivity index (χ0) is 13.3. The number of hydrogen-bond acceptors (Lipinski definition) is 2. The third kappa shape index (κ3) is 2.37. The van der Waals surface area contributed by atoms with E-state index in [0.717, 1.165) is 16.7 Å². The van der Waals surface area contributed by atoms with Crippen LogP contribution in [0.2, 0.25) is 0 Å². The average molecular weight is 246 g/mol. The number of nitrogens with one attached hydrogen (secondary N) is 1. The molecule has 0 saturated carbocycles. The fraction of sp³-hybridized carbons (Fsp3) is 0.429. The fourth-order valence-electron chi connectivity index (χ4n) is 2.15. The molecule has 1 aliphatic heterocycles. The molecule has 0 aliphatic carbocycles. The molecule has 4 nitrogen and oxygen atoms in total. The Bertz CT molecular complexity index is 497. The first-order valence-corrected chi connectivity index (χ1v) is 6.12. The first-order chi connectivity index (χ1) is 8.49. The maximum atomic E-state index is 11.9. The molecular weight excluding hydrogens is 228 g/mol. The third-order valence-electron chi connectivity index (χ3n) is 3.43. The van der Waals surface area contributed by atoms with Gasteiger partial charge in [0.15, 0.2) is 0 Å². The molecule has 1 aliphatic rings. The monoisotopic (exact) mass is 246 g/mol. The van der Waals surface area contributed by atoms with Crippen molar-refractivity contribution in [2.75, 3.05) is 6.54 Å². The quantitative estimate of drug-likeness (QED) is 0.851. The fourth-order valence-corrected chi connectivity index (χ4v) is 2.15. The van der Waals surface area contributed by atoms with E-state index in [4.69, 9.17) is 0 Å². The standard InChI is InChI=1S/C14H18N2O2/c1-9-4-5-10(2)12(6-9)8-16-11(3)14(18)15-7-13(16)17/h4-6,11H,7-8H2,1-3H3,(H,15,18). The first-order valence-electron chi connectivity index (χ1n) is 6.12. The van der Waals surface area contributed by atoms with Gasteiger partial charge in [-0.05, 0) is 31.9 Å². The summed E-state index contributed by atoms with van der Waals surface area (Å²) >= 11 is 0. The van der Waals surface area contributed by atoms with Crippen molar-refractivity contribution >= 4 is 11.8 Å². The molecule has 1 saturated heterocycles. The molecule has 2 rings (SSSR count). The summed E-state index contributed by atoms with van der Waals surface area (Å²) in [7, 11) is 0. The van der Waals surface area contributed by atoms with Crippen molar-refractivity contribution in [3.63, 3.8) is 0 Å². The molecule has 1 aromatic rings. The Morgan fingerprint density at radius 3 is 2.78 bits per heavy atom. The molecule has 1 N–H and O–H groups in total. The minimum Gasteiger partial charge on any atom is -0.345 e. The van der Waals surface area contributed by atoms with Gasteiger partial charge in [0.1, 0.15) is 6.04 Å². The molecule has 1 atom stereocenters. The lowest BCUT2D eigenvalue weighted by Gasteiger charge is -2.33. The first kappa shape index (κ1) is 12.6. The van der Waals surface area contributed by atoms with Crippen LogP contribution in [0.5, 0.6) is 0 Å². The largest absolute Gasteiger partial charge is 0.345 e. The average Bonchev–Trinajstić information content (AvgIpc) is 2.34. The van der Waals surface area contributed by atoms with Crippen molar-refractivity contribution in [1.29, 1.82) is 0 Å². The Hall–Kier alpha value is -1.84. The molecule has 0 bridgehead atoms. The highest BCUT2D eigenvalue weighted by atomic mass is 16.2. The summed E-state index contributed by atoms with van der Waals surface area (Å²) in [6, 6.07) is 5.77. The lowest BCUT2D eigenvalue weighted by molar-refractivity contribution is -0.145. The Balaban J connectivity index is 2.23. The van der Waals surface area contributed by atoms with E-state index in [9.17, 15) is 9.59 Å². The van der Waals surface area contributed by atoms with Gasteiger partial charge < -0.3 is 10.2 Å². The van der Waals surface area contributed by atoms with Gasteiger partial charge in [-0.1, -0.05) is 23.8 Å². The Labute approximate surface area is 107 Å². The van der Waals surface area contributed by atoms with E-state index in [1.54, 1.807) is 11.8 Å². The van der Waals surface area contributed by atoms with Gasteiger partial charge in [-0.3, -0.25) is 9.59 Å². The highest BCUT2D eigenvalue weighted by molar-refractivity contribution is 5.94. The van der Waals surface area contributed by atoms with Crippen LogP contribution in [0.3, 0.4) is 0 Å². The molecule has 18 heavy (non-hydrogen) atoms. The molecule has 4 heteroatoms. The maximum Gasteiger partial charge on any atom is 0.242 e. The van der Waals surface area contributed by atoms with Crippen LogP contribution >= 0.6 is 0 Å². The van der Waals surface area contributed by atoms with Crippen LogP contribution in [0.4, 0.5) is 0 Å². The van der Waals surface area contributed by atoms with Crippen LogP contribution in [0.1, 0.15) is 23.6 Å². The van der Waals surface area contributed by atoms with Crippen molar-refractivity contribution in [2.45, 2.75) is 33.4 Å². The van der Waals surface area contributed by atoms with Crippen molar-refractivity contribution < 1.29 is 9.59 Å². The second kappa shape index (κ2) is 4.80. The van der Waals surface area contributed by atoms with Gasteiger partial charge in [-0.25, -0.2) is 0 Å². The number of hydrogen-bond donors (Lipinski definition) is 1. The Kier molecular flexibility index (Phi) is 3.36. The number of carbonyl (C=O) groups excluding carboxylic acids is 2. The van der Waals surface area contributed by atoms with E-state index in [2.05, 4.69) is 11.4 Å². The molecule has 1 fully saturated rings. The van der Waals surface area contributed by atoms with Gasteiger partial charge in [-0.15, -0.1) is 0 Å². The number of piperazine rings is 1. The van der Waals surface area contributed by atoms with E-state index in [-0.39, 0.29) is 18.4 Å². The number of benzene rings is 1. The Morgan fingerprint density at radius 1 is 1.33 bits per heavy atom. The van der Waals surface area contributed by atoms with Crippen LogP contribution in [0.25, 0.3) is 0 Å². The highest BCUT2D eigenvalue weighted by Gasteiger charge is 2.30. The van der Waals surface area contributed by atoms with E-state index in [0.29, 0.717) is 6.54 Å². The molecular formula is C14H18N2O2. The lowest BCUT2D eigenvalue weighted by Crippen LogP contribution is -2.56. The minimum absolute atomic E-state index is 0.0250. The predicted molar refractivity (Wildman–Crippen MR) is 68.9 cm³/mol. The predicted octanol–water partition coefficient (Wildman–Crippen LogP) is 1.15. The van der Waals surface area contributed by atoms with Gasteiger partial charge in [-0.2, -0.15) is 0 Å². The van der Waals surface area contributed by atoms with E-state index >= 15 is 0 Å². The number of aryl methyl sites for hydroxylation is 2. The SMILES string of the molecule is Cc1ccc(C)c(CN2C(=O)CNC(=O)C2C)c1. The van der Waals surface area contributed by atoms with Crippen LogP contribution in [-0.4, -0.2) is 29.3 Å². The van der Waals surface area contributed by atoms with Crippen LogP contribution in [0.15, 0.2) is 18.2 Å². The van der Waals surface area contributed by atoms with Gasteiger partial charge in [0.05, 0.1) is 6.54 Å². The molecule has 0 radical (unpaired) electrons. The molecule has 2 amide bonds. The number of amides is 2. The molecule has 0 aromatic heterocycles. The molecule has 96 valence electrons. The van der Waals surface area contributed by atoms with Crippen molar-refractivity contribution in [1.82, 2.24) is 10.2 Å². The van der Waals surface area contributed by atoms with Crippen molar-refractivity contribution in [3.8, 4) is 0 Å². The van der Waals surface area contributed by atoms with Crippen molar-refractivity contribution in [2.24, 2.45) is 0 Å². The third-order valence-corrected chi connectivity index (χ3v) is 3.43. The summed E-state index contributed by atoms with van der Waals surface area (Å²) in [5.74, 6) is -0.108. The van der Waals surface area contributed by atoms with Crippen LogP contribution < -0.4 is 5.32 Å². The Morgan fingerprint density at radius 2 is 2.06 bits per heavy atom. The summed E-state index contributed by atoms with van der Waals surface area (Å²) in [6.07, 6.45) is 0. The number of nitrogens with zero attached hydrogens (tertiary/aromatic N) is 1. The smallest absolute Gasteiger partial charge is 0.242 e. The molecule has 1 heterocycles. The molecule has 0 spiro atoms. The summed E-state index contributed by atoms with van der Waals surface area (Å²) in [5.41, 5.74) is 3.41. The van der Waals surface area contributed by atoms with Crippen LogP contribution in [0, 0.1) is 13.8 Å². The topological polar surface area (TPSA) is 49.4 Å². The van der Waals surface area contributed by atoms with Gasteiger partial charge in [0.2, 0.25) is 11.8 Å². The summed E-state index contributed by atoms with van der Waals surface area (Å²) in [6.45, 7) is 6.41. The van der Waals surface area contributed by atoms with E-state index in [1.165, 1.54) is 0 Å². The zero-order valence-electron chi connectivity index (χ0n) is 11.0. The van der Waals surface area contributed by atoms with Gasteiger partial charge in [0.25, 0.3) is 0 Å². The maximum absolute atomic E-state index is 11.9. The molecule has 1 unspecified atom stereocenters. The summed E-state index contributed by atoms with van der Waals surface area (Å²) < 4.78 is 0. The van der Waals surface area contributed by atoms with Gasteiger partial charge in [0, 0.05) is 6.54 Å². The minimum atomic E-state index is -0.397. The normalized spacial score (nSPS) is 19.9. The van der Waals surface area contributed by atoms with Gasteiger partial charge >= 0.3 is 0 Å².